The lowest BCUT2D eigenvalue weighted by atomic mass is 10.2. The Morgan fingerprint density at radius 3 is 2.76 bits per heavy atom. The Hall–Kier alpha value is -1.63. The molecule has 0 spiro atoms. The highest BCUT2D eigenvalue weighted by Gasteiger charge is 2.22. The van der Waals surface area contributed by atoms with Crippen LogP contribution in [0, 0.1) is 6.92 Å². The molecule has 0 aliphatic rings. The van der Waals surface area contributed by atoms with Gasteiger partial charge in [0, 0.05) is 6.04 Å². The number of carbonyl (C=O) groups is 1. The highest BCUT2D eigenvalue weighted by atomic mass is 32.1. The first kappa shape index (κ1) is 13.4. The highest BCUT2D eigenvalue weighted by molar-refractivity contribution is 7.11. The fourth-order valence-electron chi connectivity index (χ4n) is 1.33. The van der Waals surface area contributed by atoms with Crippen LogP contribution in [0.15, 0.2) is 10.7 Å². The second-order valence-corrected chi connectivity index (χ2v) is 4.74. The summed E-state index contributed by atoms with van der Waals surface area (Å²) < 4.78 is 0. The number of carbonyl (C=O) groups excluding carboxylic acids is 1. The zero-order valence-electron chi connectivity index (χ0n) is 10.0. The molecule has 0 aliphatic carbocycles. The van der Waals surface area contributed by atoms with Gasteiger partial charge in [-0.3, -0.25) is 4.79 Å². The molecule has 17 heavy (non-hydrogen) atoms. The Bertz CT molecular complexity index is 428. The number of amidine groups is 1. The molecule has 3 N–H and O–H groups in total. The van der Waals surface area contributed by atoms with Crippen molar-refractivity contribution in [2.75, 3.05) is 6.54 Å². The number of hydrogen-bond acceptors (Lipinski definition) is 5. The average Bonchev–Trinajstić information content (AvgIpc) is 2.70. The molecule has 1 aromatic heterocycles. The minimum atomic E-state index is -0.147. The molecule has 6 nitrogen and oxygen atoms in total. The molecular weight excluding hydrogens is 240 g/mol. The van der Waals surface area contributed by atoms with Crippen molar-refractivity contribution in [3.8, 4) is 0 Å². The highest BCUT2D eigenvalue weighted by Crippen LogP contribution is 2.16. The number of nitrogens with two attached hydrogens (primary N) is 1. The third-order valence-electron chi connectivity index (χ3n) is 2.28. The quantitative estimate of drug-likeness (QED) is 0.364. The fraction of sp³-hybridized carbons (Fsp3) is 0.500. The van der Waals surface area contributed by atoms with E-state index in [4.69, 9.17) is 10.9 Å². The molecule has 0 bridgehead atoms. The Morgan fingerprint density at radius 2 is 2.35 bits per heavy atom. The molecule has 0 aromatic carbocycles. The van der Waals surface area contributed by atoms with Gasteiger partial charge < -0.3 is 15.8 Å². The summed E-state index contributed by atoms with van der Waals surface area (Å²) in [4.78, 5) is 18.4. The number of rotatable bonds is 4. The van der Waals surface area contributed by atoms with Crippen LogP contribution >= 0.6 is 11.3 Å². The van der Waals surface area contributed by atoms with Crippen molar-refractivity contribution in [1.29, 1.82) is 0 Å². The van der Waals surface area contributed by atoms with Crippen LogP contribution in [0.5, 0.6) is 0 Å². The molecule has 0 fully saturated rings. The number of thiazole rings is 1. The Kier molecular flexibility index (Phi) is 4.45. The molecule has 0 aliphatic heterocycles. The topological polar surface area (TPSA) is 91.8 Å². The zero-order valence-corrected chi connectivity index (χ0v) is 10.9. The van der Waals surface area contributed by atoms with Gasteiger partial charge in [-0.2, -0.15) is 0 Å². The predicted molar refractivity (Wildman–Crippen MR) is 66.4 cm³/mol. The lowest BCUT2D eigenvalue weighted by Crippen LogP contribution is -2.42. The van der Waals surface area contributed by atoms with E-state index in [0.717, 1.165) is 0 Å². The number of nitrogens with zero attached hydrogens (tertiary/aromatic N) is 3. The lowest BCUT2D eigenvalue weighted by molar-refractivity contribution is 0.0738. The van der Waals surface area contributed by atoms with Crippen LogP contribution in [0.2, 0.25) is 0 Å². The van der Waals surface area contributed by atoms with Crippen molar-refractivity contribution >= 4 is 23.1 Å². The van der Waals surface area contributed by atoms with Crippen molar-refractivity contribution in [2.45, 2.75) is 26.8 Å². The molecule has 0 atom stereocenters. The van der Waals surface area contributed by atoms with Gasteiger partial charge in [-0.05, 0) is 20.8 Å². The van der Waals surface area contributed by atoms with Crippen LogP contribution in [-0.4, -0.2) is 39.4 Å². The van der Waals surface area contributed by atoms with Gasteiger partial charge in [0.05, 0.1) is 17.7 Å². The predicted octanol–water partition coefficient (Wildman–Crippen LogP) is 1.05. The van der Waals surface area contributed by atoms with E-state index in [1.54, 1.807) is 12.4 Å². The zero-order chi connectivity index (χ0) is 13.0. The molecule has 7 heteroatoms. The number of aromatic nitrogens is 1. The minimum Gasteiger partial charge on any atom is -0.409 e. The molecule has 1 amide bonds. The van der Waals surface area contributed by atoms with Crippen molar-refractivity contribution in [2.24, 2.45) is 10.9 Å². The third kappa shape index (κ3) is 3.16. The van der Waals surface area contributed by atoms with E-state index < -0.39 is 0 Å². The van der Waals surface area contributed by atoms with E-state index in [1.807, 2.05) is 13.8 Å². The number of aryl methyl sites for hydroxylation is 1. The molecule has 1 aromatic rings. The Labute approximate surface area is 104 Å². The summed E-state index contributed by atoms with van der Waals surface area (Å²) in [6, 6.07) is -0.0377. The molecule has 0 radical (unpaired) electrons. The van der Waals surface area contributed by atoms with Gasteiger partial charge in [-0.25, -0.2) is 4.98 Å². The number of oxime groups is 1. The summed E-state index contributed by atoms with van der Waals surface area (Å²) >= 11 is 1.29. The van der Waals surface area contributed by atoms with Gasteiger partial charge in [0.1, 0.15) is 4.88 Å². The molecule has 0 saturated heterocycles. The van der Waals surface area contributed by atoms with Crippen molar-refractivity contribution in [1.82, 2.24) is 9.88 Å². The van der Waals surface area contributed by atoms with Crippen LogP contribution in [0.3, 0.4) is 0 Å². The first-order chi connectivity index (χ1) is 7.97. The largest absolute Gasteiger partial charge is 0.409 e. The Balaban J connectivity index is 2.93. The van der Waals surface area contributed by atoms with Gasteiger partial charge in [-0.15, -0.1) is 11.3 Å². The van der Waals surface area contributed by atoms with Gasteiger partial charge in [0.25, 0.3) is 5.91 Å². The van der Waals surface area contributed by atoms with Crippen molar-refractivity contribution < 1.29 is 10.0 Å². The minimum absolute atomic E-state index is 0.00854. The summed E-state index contributed by atoms with van der Waals surface area (Å²) in [6.07, 6.45) is 0. The van der Waals surface area contributed by atoms with E-state index in [1.165, 1.54) is 16.2 Å². The van der Waals surface area contributed by atoms with Gasteiger partial charge in [-0.1, -0.05) is 5.16 Å². The standard InChI is InChI=1S/C10H16N4O2S/c1-6(2)14(4-8(11)13-16)10(15)9-7(3)12-5-17-9/h5-6,16H,4H2,1-3H3,(H2,11,13). The maximum Gasteiger partial charge on any atom is 0.266 e. The van der Waals surface area contributed by atoms with Crippen LogP contribution in [0.1, 0.15) is 29.2 Å². The summed E-state index contributed by atoms with van der Waals surface area (Å²) in [5, 5.41) is 11.4. The summed E-state index contributed by atoms with van der Waals surface area (Å²) in [5.41, 5.74) is 7.76. The van der Waals surface area contributed by atoms with Crippen LogP contribution in [-0.2, 0) is 0 Å². The number of hydrogen-bond donors (Lipinski definition) is 2. The van der Waals surface area contributed by atoms with Crippen LogP contribution in [0.25, 0.3) is 0 Å². The van der Waals surface area contributed by atoms with Crippen LogP contribution in [0.4, 0.5) is 0 Å². The lowest BCUT2D eigenvalue weighted by Gasteiger charge is -2.25. The molecule has 0 unspecified atom stereocenters. The monoisotopic (exact) mass is 256 g/mol. The smallest absolute Gasteiger partial charge is 0.266 e. The van der Waals surface area contributed by atoms with E-state index in [9.17, 15) is 4.79 Å². The van der Waals surface area contributed by atoms with E-state index in [2.05, 4.69) is 10.1 Å². The average molecular weight is 256 g/mol. The SMILES string of the molecule is Cc1ncsc1C(=O)N(CC(N)=NO)C(C)C. The van der Waals surface area contributed by atoms with Crippen molar-refractivity contribution in [3.05, 3.63) is 16.1 Å². The fourth-order valence-corrected chi connectivity index (χ4v) is 2.09. The normalized spacial score (nSPS) is 11.9. The Morgan fingerprint density at radius 1 is 1.71 bits per heavy atom. The summed E-state index contributed by atoms with van der Waals surface area (Å²) in [7, 11) is 0. The van der Waals surface area contributed by atoms with E-state index in [-0.39, 0.29) is 24.3 Å². The van der Waals surface area contributed by atoms with Gasteiger partial charge >= 0.3 is 0 Å². The van der Waals surface area contributed by atoms with Gasteiger partial charge in [0.2, 0.25) is 0 Å². The van der Waals surface area contributed by atoms with E-state index in [0.29, 0.717) is 10.6 Å². The molecule has 94 valence electrons. The number of amides is 1. The maximum absolute atomic E-state index is 12.2. The molecule has 1 rings (SSSR count). The maximum atomic E-state index is 12.2. The third-order valence-corrected chi connectivity index (χ3v) is 3.20. The summed E-state index contributed by atoms with van der Waals surface area (Å²) in [6.45, 7) is 5.63. The molecule has 1 heterocycles. The summed E-state index contributed by atoms with van der Waals surface area (Å²) in [5.74, 6) is -0.138. The van der Waals surface area contributed by atoms with E-state index >= 15 is 0 Å². The molecular formula is C10H16N4O2S. The first-order valence-electron chi connectivity index (χ1n) is 5.14. The second-order valence-electron chi connectivity index (χ2n) is 3.89. The van der Waals surface area contributed by atoms with Crippen molar-refractivity contribution in [3.63, 3.8) is 0 Å². The first-order valence-corrected chi connectivity index (χ1v) is 6.02. The second kappa shape index (κ2) is 5.62. The van der Waals surface area contributed by atoms with Gasteiger partial charge in [0.15, 0.2) is 5.84 Å². The molecule has 0 saturated carbocycles. The van der Waals surface area contributed by atoms with Crippen LogP contribution < -0.4 is 5.73 Å².